The molecule has 3 aromatic rings. The maximum absolute atomic E-state index is 13.3. The molecular weight excluding hydrogens is 415 g/mol. The van der Waals surface area contributed by atoms with Crippen LogP contribution >= 0.6 is 11.3 Å². The molecule has 6 nitrogen and oxygen atoms in total. The number of carbonyl (C=O) groups is 1. The van der Waals surface area contributed by atoms with Crippen molar-refractivity contribution in [2.75, 3.05) is 25.0 Å². The highest BCUT2D eigenvalue weighted by atomic mass is 32.1. The summed E-state index contributed by atoms with van der Waals surface area (Å²) in [4.78, 5) is 20.8. The molecule has 160 valence electrons. The van der Waals surface area contributed by atoms with Crippen LogP contribution in [0, 0.1) is 6.92 Å². The van der Waals surface area contributed by atoms with E-state index in [1.54, 1.807) is 35.8 Å². The molecule has 1 saturated heterocycles. The van der Waals surface area contributed by atoms with Crippen LogP contribution in [0.2, 0.25) is 0 Å². The molecule has 0 spiro atoms. The second-order valence-corrected chi connectivity index (χ2v) is 8.58. The Morgan fingerprint density at radius 1 is 1.27 bits per heavy atom. The topological polar surface area (TPSA) is 54.3 Å². The molecule has 10 heteroatoms. The third-order valence-electron chi connectivity index (χ3n) is 5.65. The zero-order chi connectivity index (χ0) is 21.6. The second-order valence-electron chi connectivity index (χ2n) is 7.58. The minimum Gasteiger partial charge on any atom is -0.348 e. The fourth-order valence-electron chi connectivity index (χ4n) is 3.76. The quantitative estimate of drug-likeness (QED) is 0.619. The van der Waals surface area contributed by atoms with Crippen molar-refractivity contribution in [3.05, 3.63) is 41.2 Å². The lowest BCUT2D eigenvalue weighted by Crippen LogP contribution is -2.45. The Morgan fingerprint density at radius 3 is 2.57 bits per heavy atom. The summed E-state index contributed by atoms with van der Waals surface area (Å²) in [5, 5.41) is 4.85. The number of halogens is 3. The molecule has 1 aliphatic heterocycles. The first kappa shape index (κ1) is 20.6. The Morgan fingerprint density at radius 2 is 1.97 bits per heavy atom. The smallest absolute Gasteiger partial charge is 0.348 e. The number of benzene rings is 1. The lowest BCUT2D eigenvalue weighted by Gasteiger charge is -2.36. The normalized spacial score (nSPS) is 15.7. The Kier molecular flexibility index (Phi) is 5.21. The van der Waals surface area contributed by atoms with Crippen LogP contribution in [0.5, 0.6) is 0 Å². The number of piperidine rings is 1. The van der Waals surface area contributed by atoms with E-state index < -0.39 is 11.7 Å². The van der Waals surface area contributed by atoms with E-state index >= 15 is 0 Å². The molecule has 1 aliphatic rings. The number of para-hydroxylation sites is 1. The van der Waals surface area contributed by atoms with Gasteiger partial charge in [0.15, 0.2) is 10.8 Å². The largest absolute Gasteiger partial charge is 0.418 e. The fourth-order valence-corrected chi connectivity index (χ4v) is 4.80. The van der Waals surface area contributed by atoms with Crippen LogP contribution in [0.25, 0.3) is 10.2 Å². The molecule has 0 saturated carbocycles. The number of amides is 1. The molecule has 0 aliphatic carbocycles. The van der Waals surface area contributed by atoms with E-state index in [1.165, 1.54) is 17.4 Å². The number of anilines is 1. The van der Waals surface area contributed by atoms with Gasteiger partial charge in [0.05, 0.1) is 15.8 Å². The van der Waals surface area contributed by atoms with Crippen molar-refractivity contribution in [3.8, 4) is 0 Å². The Hall–Kier alpha value is -2.62. The van der Waals surface area contributed by atoms with Crippen LogP contribution in [0.1, 0.15) is 34.6 Å². The molecule has 1 aromatic carbocycles. The number of hydrogen-bond acceptors (Lipinski definition) is 5. The molecule has 0 unspecified atom stereocenters. The summed E-state index contributed by atoms with van der Waals surface area (Å²) in [6.45, 7) is 3.15. The summed E-state index contributed by atoms with van der Waals surface area (Å²) in [5.74, 6) is -0.119. The van der Waals surface area contributed by atoms with Crippen molar-refractivity contribution in [1.82, 2.24) is 19.7 Å². The molecular formula is C20H22F3N5OS. The van der Waals surface area contributed by atoms with Crippen LogP contribution in [0.15, 0.2) is 24.3 Å². The number of aryl methyl sites for hydroxylation is 2. The van der Waals surface area contributed by atoms with E-state index in [4.69, 9.17) is 0 Å². The van der Waals surface area contributed by atoms with Crippen molar-refractivity contribution >= 4 is 32.6 Å². The van der Waals surface area contributed by atoms with E-state index in [0.717, 1.165) is 24.6 Å². The SMILES string of the molecule is Cc1cc(C(=O)N(C)C2CCN(c3nc4c(C(F)(F)F)cccc4s3)CC2)nn1C. The third-order valence-corrected chi connectivity index (χ3v) is 6.73. The zero-order valence-corrected chi connectivity index (χ0v) is 17.7. The number of alkyl halides is 3. The van der Waals surface area contributed by atoms with E-state index in [-0.39, 0.29) is 17.5 Å². The Labute approximate surface area is 175 Å². The monoisotopic (exact) mass is 437 g/mol. The molecule has 30 heavy (non-hydrogen) atoms. The highest BCUT2D eigenvalue weighted by Crippen LogP contribution is 2.39. The fraction of sp³-hybridized carbons (Fsp3) is 0.450. The van der Waals surface area contributed by atoms with Gasteiger partial charge in [0.25, 0.3) is 5.91 Å². The van der Waals surface area contributed by atoms with Gasteiger partial charge in [0.2, 0.25) is 0 Å². The van der Waals surface area contributed by atoms with Gasteiger partial charge in [-0.3, -0.25) is 9.48 Å². The molecule has 0 radical (unpaired) electrons. The van der Waals surface area contributed by atoms with Gasteiger partial charge in [0.1, 0.15) is 0 Å². The first-order valence-electron chi connectivity index (χ1n) is 9.64. The van der Waals surface area contributed by atoms with E-state index in [1.807, 2.05) is 11.8 Å². The second kappa shape index (κ2) is 7.57. The molecule has 1 fully saturated rings. The minimum absolute atomic E-state index is 0.00458. The average Bonchev–Trinajstić information content (AvgIpc) is 3.29. The maximum atomic E-state index is 13.3. The predicted molar refractivity (Wildman–Crippen MR) is 110 cm³/mol. The molecule has 1 amide bonds. The number of thiazole rings is 1. The molecule has 4 rings (SSSR count). The summed E-state index contributed by atoms with van der Waals surface area (Å²) < 4.78 is 42.0. The van der Waals surface area contributed by atoms with Crippen LogP contribution in [-0.4, -0.2) is 51.8 Å². The number of nitrogens with zero attached hydrogens (tertiary/aromatic N) is 5. The standard InChI is InChI=1S/C20H22F3N5OS/c1-12-11-15(25-27(12)3)18(29)26(2)13-7-9-28(10-8-13)19-24-17-14(20(21,22)23)5-4-6-16(17)30-19/h4-6,11,13H,7-10H2,1-3H3. The van der Waals surface area contributed by atoms with E-state index in [9.17, 15) is 18.0 Å². The maximum Gasteiger partial charge on any atom is 0.418 e. The van der Waals surface area contributed by atoms with E-state index in [0.29, 0.717) is 28.6 Å². The molecule has 0 bridgehead atoms. The third kappa shape index (κ3) is 3.76. The van der Waals surface area contributed by atoms with Gasteiger partial charge in [-0.15, -0.1) is 0 Å². The van der Waals surface area contributed by atoms with E-state index in [2.05, 4.69) is 10.1 Å². The van der Waals surface area contributed by atoms with Crippen LogP contribution in [0.3, 0.4) is 0 Å². The van der Waals surface area contributed by atoms with Crippen LogP contribution < -0.4 is 4.90 Å². The van der Waals surface area contributed by atoms with Gasteiger partial charge in [-0.2, -0.15) is 18.3 Å². The van der Waals surface area contributed by atoms with Crippen molar-refractivity contribution in [2.45, 2.75) is 32.0 Å². The number of aromatic nitrogens is 3. The van der Waals surface area contributed by atoms with Crippen LogP contribution in [0.4, 0.5) is 18.3 Å². The molecule has 0 N–H and O–H groups in total. The van der Waals surface area contributed by atoms with Crippen molar-refractivity contribution < 1.29 is 18.0 Å². The summed E-state index contributed by atoms with van der Waals surface area (Å²) in [7, 11) is 3.58. The number of rotatable bonds is 3. The summed E-state index contributed by atoms with van der Waals surface area (Å²) in [6, 6.07) is 5.97. The molecule has 3 heterocycles. The first-order chi connectivity index (χ1) is 14.1. The van der Waals surface area contributed by atoms with Crippen LogP contribution in [-0.2, 0) is 13.2 Å². The predicted octanol–water partition coefficient (Wildman–Crippen LogP) is 4.10. The van der Waals surface area contributed by atoms with Gasteiger partial charge in [-0.1, -0.05) is 17.4 Å². The number of fused-ring (bicyclic) bond motifs is 1. The molecule has 2 aromatic heterocycles. The highest BCUT2D eigenvalue weighted by Gasteiger charge is 2.34. The minimum atomic E-state index is -4.43. The summed E-state index contributed by atoms with van der Waals surface area (Å²) >= 11 is 1.27. The van der Waals surface area contributed by atoms with Gasteiger partial charge >= 0.3 is 6.18 Å². The summed E-state index contributed by atoms with van der Waals surface area (Å²) in [5.41, 5.74) is 0.639. The Bertz CT molecular complexity index is 1060. The van der Waals surface area contributed by atoms with Crippen molar-refractivity contribution in [2.24, 2.45) is 7.05 Å². The summed E-state index contributed by atoms with van der Waals surface area (Å²) in [6.07, 6.45) is -2.99. The highest BCUT2D eigenvalue weighted by molar-refractivity contribution is 7.22. The van der Waals surface area contributed by atoms with Gasteiger partial charge in [0, 0.05) is 38.9 Å². The average molecular weight is 437 g/mol. The van der Waals surface area contributed by atoms with Crippen molar-refractivity contribution in [3.63, 3.8) is 0 Å². The number of hydrogen-bond donors (Lipinski definition) is 0. The van der Waals surface area contributed by atoms with Crippen molar-refractivity contribution in [1.29, 1.82) is 0 Å². The number of carbonyl (C=O) groups excluding carboxylic acids is 1. The lowest BCUT2D eigenvalue weighted by molar-refractivity contribution is -0.136. The first-order valence-corrected chi connectivity index (χ1v) is 10.5. The van der Waals surface area contributed by atoms with Gasteiger partial charge in [-0.05, 0) is 38.0 Å². The zero-order valence-electron chi connectivity index (χ0n) is 16.9. The van der Waals surface area contributed by atoms with Gasteiger partial charge < -0.3 is 9.80 Å². The lowest BCUT2D eigenvalue weighted by atomic mass is 10.0. The Balaban J connectivity index is 1.46. The van der Waals surface area contributed by atoms with Gasteiger partial charge in [-0.25, -0.2) is 4.98 Å². The molecule has 0 atom stereocenters.